The molecule has 1 heterocycles. The van der Waals surface area contributed by atoms with E-state index in [0.29, 0.717) is 30.0 Å². The van der Waals surface area contributed by atoms with Crippen LogP contribution in [0.4, 0.5) is 5.69 Å². The molecular formula is C23H28N2O4. The quantitative estimate of drug-likeness (QED) is 0.713. The first-order chi connectivity index (χ1) is 14.1. The number of carbonyl (C=O) groups is 2. The van der Waals surface area contributed by atoms with Crippen molar-refractivity contribution in [2.45, 2.75) is 45.3 Å². The standard InChI is InChI=1S/C23H28N2O4/c1-3-21(29-17-12-10-16(2)11-13-17)23(27)25-20-9-5-4-8-19(20)22(26)24-15-18-7-6-14-28-18/h4-5,8-13,18,21H,3,6-7,14-15H2,1-2H3,(H,24,26)(H,25,27)/t18-,21-/m0/s1. The van der Waals surface area contributed by atoms with E-state index in [1.165, 1.54) is 0 Å². The lowest BCUT2D eigenvalue weighted by molar-refractivity contribution is -0.122. The summed E-state index contributed by atoms with van der Waals surface area (Å²) in [6, 6.07) is 14.5. The van der Waals surface area contributed by atoms with Gasteiger partial charge in [-0.2, -0.15) is 0 Å². The molecule has 0 aromatic heterocycles. The summed E-state index contributed by atoms with van der Waals surface area (Å²) in [7, 11) is 0. The molecule has 2 N–H and O–H groups in total. The number of ether oxygens (including phenoxy) is 2. The fourth-order valence-electron chi connectivity index (χ4n) is 3.21. The highest BCUT2D eigenvalue weighted by Crippen LogP contribution is 2.19. The normalized spacial score (nSPS) is 16.8. The summed E-state index contributed by atoms with van der Waals surface area (Å²) >= 11 is 0. The first kappa shape index (κ1) is 20.9. The van der Waals surface area contributed by atoms with Gasteiger partial charge in [-0.1, -0.05) is 36.8 Å². The van der Waals surface area contributed by atoms with Crippen molar-refractivity contribution in [1.82, 2.24) is 5.32 Å². The average Bonchev–Trinajstić information content (AvgIpc) is 3.25. The van der Waals surface area contributed by atoms with Crippen LogP contribution in [0, 0.1) is 6.92 Å². The number of amides is 2. The highest BCUT2D eigenvalue weighted by Gasteiger charge is 2.22. The molecule has 2 aromatic rings. The fraction of sp³-hybridized carbons (Fsp3) is 0.391. The minimum Gasteiger partial charge on any atom is -0.481 e. The second-order valence-electron chi connectivity index (χ2n) is 7.21. The van der Waals surface area contributed by atoms with Crippen LogP contribution in [-0.4, -0.2) is 37.2 Å². The Morgan fingerprint density at radius 3 is 2.62 bits per heavy atom. The molecule has 0 spiro atoms. The lowest BCUT2D eigenvalue weighted by Crippen LogP contribution is -2.35. The molecule has 1 saturated heterocycles. The number of nitrogens with one attached hydrogen (secondary N) is 2. The van der Waals surface area contributed by atoms with Crippen molar-refractivity contribution in [2.24, 2.45) is 0 Å². The van der Waals surface area contributed by atoms with Gasteiger partial charge in [0, 0.05) is 13.2 Å². The minimum absolute atomic E-state index is 0.0630. The largest absolute Gasteiger partial charge is 0.481 e. The molecule has 0 unspecified atom stereocenters. The Balaban J connectivity index is 1.64. The number of hydrogen-bond acceptors (Lipinski definition) is 4. The number of carbonyl (C=O) groups excluding carboxylic acids is 2. The van der Waals surface area contributed by atoms with Crippen LogP contribution in [0.2, 0.25) is 0 Å². The second kappa shape index (κ2) is 10.1. The molecule has 6 heteroatoms. The number of para-hydroxylation sites is 1. The number of hydrogen-bond donors (Lipinski definition) is 2. The average molecular weight is 396 g/mol. The third-order valence-corrected chi connectivity index (χ3v) is 4.91. The van der Waals surface area contributed by atoms with E-state index in [-0.39, 0.29) is 17.9 Å². The monoisotopic (exact) mass is 396 g/mol. The highest BCUT2D eigenvalue weighted by molar-refractivity contribution is 6.04. The number of anilines is 1. The van der Waals surface area contributed by atoms with E-state index in [1.807, 2.05) is 38.1 Å². The first-order valence-corrected chi connectivity index (χ1v) is 10.1. The van der Waals surface area contributed by atoms with Crippen LogP contribution in [0.3, 0.4) is 0 Å². The van der Waals surface area contributed by atoms with Gasteiger partial charge in [0.15, 0.2) is 6.10 Å². The Labute approximate surface area is 171 Å². The van der Waals surface area contributed by atoms with Gasteiger partial charge in [-0.15, -0.1) is 0 Å². The van der Waals surface area contributed by atoms with Gasteiger partial charge in [0.1, 0.15) is 5.75 Å². The number of rotatable bonds is 8. The SMILES string of the molecule is CC[C@H](Oc1ccc(C)cc1)C(=O)Nc1ccccc1C(=O)NC[C@@H]1CCCO1. The molecule has 0 bridgehead atoms. The second-order valence-corrected chi connectivity index (χ2v) is 7.21. The molecule has 2 atom stereocenters. The van der Waals surface area contributed by atoms with Crippen molar-refractivity contribution in [1.29, 1.82) is 0 Å². The molecular weight excluding hydrogens is 368 g/mol. The number of aryl methyl sites for hydroxylation is 1. The van der Waals surface area contributed by atoms with Gasteiger partial charge in [-0.3, -0.25) is 9.59 Å². The molecule has 0 radical (unpaired) electrons. The van der Waals surface area contributed by atoms with Gasteiger partial charge in [-0.05, 0) is 50.5 Å². The van der Waals surface area contributed by atoms with Crippen molar-refractivity contribution in [3.05, 3.63) is 59.7 Å². The van der Waals surface area contributed by atoms with E-state index < -0.39 is 6.10 Å². The maximum Gasteiger partial charge on any atom is 0.265 e. The van der Waals surface area contributed by atoms with Crippen molar-refractivity contribution in [3.8, 4) is 5.75 Å². The molecule has 3 rings (SSSR count). The van der Waals surface area contributed by atoms with Gasteiger partial charge in [0.05, 0.1) is 17.4 Å². The maximum absolute atomic E-state index is 12.8. The molecule has 29 heavy (non-hydrogen) atoms. The highest BCUT2D eigenvalue weighted by atomic mass is 16.5. The summed E-state index contributed by atoms with van der Waals surface area (Å²) in [6.07, 6.45) is 1.89. The molecule has 1 aliphatic heterocycles. The summed E-state index contributed by atoms with van der Waals surface area (Å²) in [5, 5.41) is 5.74. The Morgan fingerprint density at radius 2 is 1.93 bits per heavy atom. The zero-order valence-electron chi connectivity index (χ0n) is 16.9. The van der Waals surface area contributed by atoms with Gasteiger partial charge in [0.2, 0.25) is 0 Å². The van der Waals surface area contributed by atoms with Crippen molar-refractivity contribution in [2.75, 3.05) is 18.5 Å². The molecule has 154 valence electrons. The van der Waals surface area contributed by atoms with Gasteiger partial charge < -0.3 is 20.1 Å². The summed E-state index contributed by atoms with van der Waals surface area (Å²) in [5.41, 5.74) is 2.01. The fourth-order valence-corrected chi connectivity index (χ4v) is 3.21. The van der Waals surface area contributed by atoms with E-state index in [2.05, 4.69) is 10.6 Å². The van der Waals surface area contributed by atoms with E-state index in [4.69, 9.17) is 9.47 Å². The van der Waals surface area contributed by atoms with Crippen LogP contribution in [0.1, 0.15) is 42.1 Å². The third kappa shape index (κ3) is 5.81. The molecule has 2 aromatic carbocycles. The van der Waals surface area contributed by atoms with E-state index in [9.17, 15) is 9.59 Å². The maximum atomic E-state index is 12.8. The van der Waals surface area contributed by atoms with Gasteiger partial charge in [-0.25, -0.2) is 0 Å². The predicted molar refractivity (Wildman–Crippen MR) is 112 cm³/mol. The van der Waals surface area contributed by atoms with Crippen molar-refractivity contribution in [3.63, 3.8) is 0 Å². The first-order valence-electron chi connectivity index (χ1n) is 10.1. The van der Waals surface area contributed by atoms with Gasteiger partial charge >= 0.3 is 0 Å². The molecule has 1 fully saturated rings. The van der Waals surface area contributed by atoms with E-state index in [1.54, 1.807) is 24.3 Å². The van der Waals surface area contributed by atoms with E-state index >= 15 is 0 Å². The minimum atomic E-state index is -0.652. The summed E-state index contributed by atoms with van der Waals surface area (Å²) in [6.45, 7) is 5.09. The predicted octanol–water partition coefficient (Wildman–Crippen LogP) is 3.70. The topological polar surface area (TPSA) is 76.7 Å². The van der Waals surface area contributed by atoms with Crippen LogP contribution in [-0.2, 0) is 9.53 Å². The molecule has 0 saturated carbocycles. The zero-order valence-corrected chi connectivity index (χ0v) is 16.9. The third-order valence-electron chi connectivity index (χ3n) is 4.91. The Bertz CT molecular complexity index is 829. The van der Waals surface area contributed by atoms with Crippen LogP contribution in [0.5, 0.6) is 5.75 Å². The lowest BCUT2D eigenvalue weighted by Gasteiger charge is -2.19. The molecule has 2 amide bonds. The van der Waals surface area contributed by atoms with Gasteiger partial charge in [0.25, 0.3) is 11.8 Å². The summed E-state index contributed by atoms with van der Waals surface area (Å²) < 4.78 is 11.4. The number of benzene rings is 2. The zero-order chi connectivity index (χ0) is 20.6. The van der Waals surface area contributed by atoms with Crippen LogP contribution in [0.15, 0.2) is 48.5 Å². The summed E-state index contributed by atoms with van der Waals surface area (Å²) in [4.78, 5) is 25.4. The lowest BCUT2D eigenvalue weighted by atomic mass is 10.1. The van der Waals surface area contributed by atoms with E-state index in [0.717, 1.165) is 25.0 Å². The Morgan fingerprint density at radius 1 is 1.17 bits per heavy atom. The Kier molecular flexibility index (Phi) is 7.25. The Hall–Kier alpha value is -2.86. The molecule has 0 aliphatic carbocycles. The van der Waals surface area contributed by atoms with Crippen LogP contribution < -0.4 is 15.4 Å². The summed E-state index contributed by atoms with van der Waals surface area (Å²) in [5.74, 6) is 0.122. The molecule has 1 aliphatic rings. The smallest absolute Gasteiger partial charge is 0.265 e. The van der Waals surface area contributed by atoms with Crippen molar-refractivity contribution < 1.29 is 19.1 Å². The van der Waals surface area contributed by atoms with Crippen LogP contribution in [0.25, 0.3) is 0 Å². The van der Waals surface area contributed by atoms with Crippen LogP contribution >= 0.6 is 0 Å². The van der Waals surface area contributed by atoms with Crippen molar-refractivity contribution >= 4 is 17.5 Å². The molecule has 6 nitrogen and oxygen atoms in total.